The first kappa shape index (κ1) is 14.7. The van der Waals surface area contributed by atoms with Gasteiger partial charge in [0.05, 0.1) is 11.3 Å². The van der Waals surface area contributed by atoms with E-state index in [2.05, 4.69) is 47.0 Å². The molecule has 5 heteroatoms. The third kappa shape index (κ3) is 4.82. The van der Waals surface area contributed by atoms with Gasteiger partial charge in [-0.3, -0.25) is 0 Å². The van der Waals surface area contributed by atoms with E-state index < -0.39 is 0 Å². The second-order valence-electron chi connectivity index (χ2n) is 4.71. The van der Waals surface area contributed by atoms with Crippen LogP contribution in [0.2, 0.25) is 5.15 Å². The Bertz CT molecular complexity index is 385. The van der Waals surface area contributed by atoms with Crippen LogP contribution < -0.4 is 5.32 Å². The van der Waals surface area contributed by atoms with Gasteiger partial charge in [-0.2, -0.15) is 0 Å². The minimum absolute atomic E-state index is 0.154. The Morgan fingerprint density at radius 1 is 1.59 bits per heavy atom. The fourth-order valence-corrected chi connectivity index (χ4v) is 2.15. The maximum absolute atomic E-state index is 6.02. The Hall–Kier alpha value is -0.320. The second-order valence-corrected chi connectivity index (χ2v) is 5.98. The van der Waals surface area contributed by atoms with Gasteiger partial charge >= 0.3 is 0 Å². The first-order valence-corrected chi connectivity index (χ1v) is 6.64. The van der Waals surface area contributed by atoms with E-state index in [0.29, 0.717) is 5.15 Å². The summed E-state index contributed by atoms with van der Waals surface area (Å²) in [5, 5.41) is 3.82. The summed E-state index contributed by atoms with van der Waals surface area (Å²) in [5.74, 6) is 0. The number of ether oxygens (including phenoxy) is 1. The number of pyridine rings is 1. The number of hydrogen-bond donors (Lipinski definition) is 1. The van der Waals surface area contributed by atoms with E-state index in [4.69, 9.17) is 16.3 Å². The molecule has 0 aliphatic rings. The van der Waals surface area contributed by atoms with Crippen LogP contribution in [0.1, 0.15) is 27.2 Å². The monoisotopic (exact) mass is 320 g/mol. The van der Waals surface area contributed by atoms with Gasteiger partial charge in [-0.25, -0.2) is 4.98 Å². The Labute approximate surface area is 116 Å². The van der Waals surface area contributed by atoms with Crippen molar-refractivity contribution in [2.45, 2.75) is 38.8 Å². The molecule has 0 saturated carbocycles. The molecule has 1 rings (SSSR count). The molecule has 0 radical (unpaired) electrons. The van der Waals surface area contributed by atoms with Gasteiger partial charge in [0.15, 0.2) is 5.15 Å². The molecule has 0 aromatic carbocycles. The Balaban J connectivity index is 2.68. The highest BCUT2D eigenvalue weighted by atomic mass is 79.9. The van der Waals surface area contributed by atoms with Gasteiger partial charge in [-0.15, -0.1) is 0 Å². The molecule has 0 spiro atoms. The molecule has 0 saturated heterocycles. The molecule has 0 bridgehead atoms. The van der Waals surface area contributed by atoms with Crippen molar-refractivity contribution in [3.05, 3.63) is 21.9 Å². The smallest absolute Gasteiger partial charge is 0.152 e. The van der Waals surface area contributed by atoms with E-state index in [9.17, 15) is 0 Å². The summed E-state index contributed by atoms with van der Waals surface area (Å²) < 4.78 is 6.31. The zero-order valence-corrected chi connectivity index (χ0v) is 12.9. The second kappa shape index (κ2) is 6.03. The zero-order chi connectivity index (χ0) is 13.1. The Kier molecular flexibility index (Phi) is 5.22. The number of methoxy groups -OCH3 is 1. The van der Waals surface area contributed by atoms with Crippen LogP contribution >= 0.6 is 27.5 Å². The molecule has 0 amide bonds. The highest BCUT2D eigenvalue weighted by Crippen LogP contribution is 2.25. The average molecular weight is 322 g/mol. The lowest BCUT2D eigenvalue weighted by atomic mass is 10.00. The lowest BCUT2D eigenvalue weighted by Gasteiger charge is -2.27. The molecule has 1 aromatic heterocycles. The van der Waals surface area contributed by atoms with Crippen molar-refractivity contribution < 1.29 is 4.74 Å². The third-order valence-corrected chi connectivity index (χ3v) is 3.29. The number of aromatic nitrogens is 1. The van der Waals surface area contributed by atoms with Gasteiger partial charge < -0.3 is 10.1 Å². The molecular weight excluding hydrogens is 304 g/mol. The summed E-state index contributed by atoms with van der Waals surface area (Å²) in [6, 6.07) is 2.17. The van der Waals surface area contributed by atoms with E-state index in [1.165, 1.54) is 0 Å². The van der Waals surface area contributed by atoms with E-state index >= 15 is 0 Å². The number of anilines is 1. The highest BCUT2D eigenvalue weighted by Gasteiger charge is 2.20. The third-order valence-electron chi connectivity index (χ3n) is 2.56. The van der Waals surface area contributed by atoms with Gasteiger partial charge in [-0.05, 0) is 49.2 Å². The van der Waals surface area contributed by atoms with Gasteiger partial charge in [0.25, 0.3) is 0 Å². The number of nitrogens with one attached hydrogen (secondary N) is 1. The van der Waals surface area contributed by atoms with Crippen molar-refractivity contribution in [2.24, 2.45) is 0 Å². The molecule has 3 nitrogen and oxygen atoms in total. The van der Waals surface area contributed by atoms with Gasteiger partial charge in [0.2, 0.25) is 0 Å². The van der Waals surface area contributed by atoms with E-state index in [1.54, 1.807) is 13.3 Å². The van der Waals surface area contributed by atoms with Crippen LogP contribution in [0, 0.1) is 0 Å². The maximum atomic E-state index is 6.02. The Morgan fingerprint density at radius 2 is 2.24 bits per heavy atom. The number of nitrogens with zero attached hydrogens (tertiary/aromatic N) is 1. The largest absolute Gasteiger partial charge is 0.380 e. The van der Waals surface area contributed by atoms with Gasteiger partial charge in [0.1, 0.15) is 0 Å². The molecule has 0 fully saturated rings. The molecule has 1 N–H and O–H groups in total. The minimum Gasteiger partial charge on any atom is -0.380 e. The standard InChI is InChI=1S/C12H18BrClN2O/c1-8(6-12(2,3)17-4)16-10-5-9(13)7-15-11(10)14/h5,7-8,16H,6H2,1-4H3. The summed E-state index contributed by atoms with van der Waals surface area (Å²) >= 11 is 9.40. The minimum atomic E-state index is -0.154. The molecule has 96 valence electrons. The summed E-state index contributed by atoms with van der Waals surface area (Å²) in [7, 11) is 1.72. The topological polar surface area (TPSA) is 34.1 Å². The Morgan fingerprint density at radius 3 is 2.82 bits per heavy atom. The molecule has 0 aliphatic heterocycles. The molecule has 1 aromatic rings. The summed E-state index contributed by atoms with van der Waals surface area (Å²) in [4.78, 5) is 4.07. The van der Waals surface area contributed by atoms with Gasteiger partial charge in [0, 0.05) is 23.8 Å². The van der Waals surface area contributed by atoms with Gasteiger partial charge in [-0.1, -0.05) is 11.6 Å². The molecule has 1 atom stereocenters. The van der Waals surface area contributed by atoms with Crippen LogP contribution in [-0.2, 0) is 4.74 Å². The van der Waals surface area contributed by atoms with E-state index in [-0.39, 0.29) is 11.6 Å². The van der Waals surface area contributed by atoms with Crippen LogP contribution in [0.5, 0.6) is 0 Å². The van der Waals surface area contributed by atoms with Crippen molar-refractivity contribution in [1.82, 2.24) is 4.98 Å². The predicted octanol–water partition coefficient (Wildman–Crippen LogP) is 4.11. The average Bonchev–Trinajstić information content (AvgIpc) is 2.23. The van der Waals surface area contributed by atoms with E-state index in [1.807, 2.05) is 6.07 Å². The first-order valence-electron chi connectivity index (χ1n) is 5.47. The molecular formula is C12H18BrClN2O. The molecule has 1 unspecified atom stereocenters. The van der Waals surface area contributed by atoms with Crippen LogP contribution in [0.3, 0.4) is 0 Å². The SMILES string of the molecule is COC(C)(C)CC(C)Nc1cc(Br)cnc1Cl. The van der Waals surface area contributed by atoms with Crippen molar-refractivity contribution in [1.29, 1.82) is 0 Å². The number of halogens is 2. The van der Waals surface area contributed by atoms with Crippen LogP contribution in [0.4, 0.5) is 5.69 Å². The molecule has 1 heterocycles. The number of rotatable bonds is 5. The van der Waals surface area contributed by atoms with Crippen molar-refractivity contribution >= 4 is 33.2 Å². The van der Waals surface area contributed by atoms with Crippen LogP contribution in [0.25, 0.3) is 0 Å². The molecule has 17 heavy (non-hydrogen) atoms. The number of hydrogen-bond acceptors (Lipinski definition) is 3. The van der Waals surface area contributed by atoms with Crippen LogP contribution in [0.15, 0.2) is 16.7 Å². The quantitative estimate of drug-likeness (QED) is 0.829. The predicted molar refractivity (Wildman–Crippen MR) is 75.7 cm³/mol. The summed E-state index contributed by atoms with van der Waals surface area (Å²) in [5.41, 5.74) is 0.679. The summed E-state index contributed by atoms with van der Waals surface area (Å²) in [6.07, 6.45) is 2.56. The van der Waals surface area contributed by atoms with Crippen molar-refractivity contribution in [2.75, 3.05) is 12.4 Å². The lowest BCUT2D eigenvalue weighted by Crippen LogP contribution is -2.31. The molecule has 0 aliphatic carbocycles. The maximum Gasteiger partial charge on any atom is 0.152 e. The lowest BCUT2D eigenvalue weighted by molar-refractivity contribution is 0.0128. The fraction of sp³-hybridized carbons (Fsp3) is 0.583. The van der Waals surface area contributed by atoms with Crippen molar-refractivity contribution in [3.8, 4) is 0 Å². The first-order chi connectivity index (χ1) is 7.84. The zero-order valence-electron chi connectivity index (χ0n) is 10.6. The fourth-order valence-electron chi connectivity index (χ4n) is 1.66. The van der Waals surface area contributed by atoms with Crippen molar-refractivity contribution in [3.63, 3.8) is 0 Å². The van der Waals surface area contributed by atoms with E-state index in [0.717, 1.165) is 16.6 Å². The van der Waals surface area contributed by atoms with Crippen LogP contribution in [-0.4, -0.2) is 23.7 Å². The summed E-state index contributed by atoms with van der Waals surface area (Å²) in [6.45, 7) is 6.22. The normalized spacial score (nSPS) is 13.5. The highest BCUT2D eigenvalue weighted by molar-refractivity contribution is 9.10.